The minimum absolute atomic E-state index is 0. The predicted molar refractivity (Wildman–Crippen MR) is 116 cm³/mol. The van der Waals surface area contributed by atoms with Gasteiger partial charge in [0.1, 0.15) is 0 Å². The van der Waals surface area contributed by atoms with Gasteiger partial charge in [0.2, 0.25) is 5.91 Å². The van der Waals surface area contributed by atoms with Crippen LogP contribution in [0.3, 0.4) is 0 Å². The number of amides is 1. The Morgan fingerprint density at radius 1 is 1.09 bits per heavy atom. The summed E-state index contributed by atoms with van der Waals surface area (Å²) in [5.41, 5.74) is 11.9. The molecule has 1 N–H and O–H groups in total. The summed E-state index contributed by atoms with van der Waals surface area (Å²) in [4.78, 5) is 14.4. The molecule has 2 bridgehead atoms. The van der Waals surface area contributed by atoms with Crippen LogP contribution >= 0.6 is 0 Å². The van der Waals surface area contributed by atoms with E-state index >= 15 is 0 Å². The molecule has 3 saturated carbocycles. The van der Waals surface area contributed by atoms with E-state index in [-0.39, 0.29) is 19.8 Å². The van der Waals surface area contributed by atoms with Crippen LogP contribution in [0.5, 0.6) is 0 Å². The van der Waals surface area contributed by atoms with Gasteiger partial charge in [-0.1, -0.05) is 54.1 Å². The molecule has 1 aliphatic heterocycles. The van der Waals surface area contributed by atoms with Crippen LogP contribution in [0.1, 0.15) is 30.4 Å². The number of alkyl halides is 2. The number of carbonyl (C=O) groups is 1. The molecule has 0 unspecified atom stereocenters. The molecule has 2 aromatic rings. The van der Waals surface area contributed by atoms with Crippen molar-refractivity contribution < 1.29 is 35.7 Å². The van der Waals surface area contributed by atoms with E-state index in [9.17, 15) is 13.6 Å². The average Bonchev–Trinajstić information content (AvgIpc) is 2.91. The van der Waals surface area contributed by atoms with Gasteiger partial charge in [-0.15, -0.1) is 0 Å². The minimum atomic E-state index is -3.15. The fourth-order valence-electron chi connectivity index (χ4n) is 5.34. The van der Waals surface area contributed by atoms with E-state index in [1.165, 1.54) is 4.90 Å². The first kappa shape index (κ1) is 24.8. The molecule has 1 saturated heterocycles. The third kappa shape index (κ3) is 4.22. The van der Waals surface area contributed by atoms with Gasteiger partial charge >= 0.3 is 22.1 Å². The Kier molecular flexibility index (Phi) is 7.13. The summed E-state index contributed by atoms with van der Waals surface area (Å²) in [5, 5.41) is 0. The zero-order valence-electron chi connectivity index (χ0n) is 18.3. The summed E-state index contributed by atoms with van der Waals surface area (Å²) >= 11 is 0.611. The van der Waals surface area contributed by atoms with Crippen molar-refractivity contribution in [1.29, 1.82) is 0 Å². The Balaban J connectivity index is 0.000000938. The third-order valence-electron chi connectivity index (χ3n) is 7.10. The molecule has 4 fully saturated rings. The molecule has 0 radical (unpaired) electrons. The van der Waals surface area contributed by atoms with Crippen molar-refractivity contribution in [2.75, 3.05) is 6.54 Å². The molecule has 7 heteroatoms. The van der Waals surface area contributed by atoms with Crippen LogP contribution in [0.2, 0.25) is 0 Å². The predicted octanol–water partition coefficient (Wildman–Crippen LogP) is 5.60. The first-order valence-corrected chi connectivity index (χ1v) is 11.5. The van der Waals surface area contributed by atoms with Crippen molar-refractivity contribution in [1.82, 2.24) is 4.90 Å². The number of likely N-dealkylation sites (tertiary alicyclic amines) is 1. The van der Waals surface area contributed by atoms with Gasteiger partial charge in [-0.3, -0.25) is 4.79 Å². The monoisotopic (exact) mass is 618 g/mol. The van der Waals surface area contributed by atoms with Gasteiger partial charge in [0.25, 0.3) is 5.92 Å². The molecule has 174 valence electrons. The molecule has 0 spiro atoms. The standard InChI is InChI=1S/C24H25F2N2O.CH3.O.Os/c1-15-4-2-6-18(8-15)19-7-3-5-16(9-19)10-20-21(27)24(25,26)14-28(20)22(29)23-11-17(12-23)13-23;;;/h2-9,17,20-21,27H,10-14H2,1H3;1H3;;/q2*-1;;/t17?,20-,21+,23?;;;/m0.../s1. The van der Waals surface area contributed by atoms with E-state index in [1.54, 1.807) is 0 Å². The van der Waals surface area contributed by atoms with Crippen LogP contribution in [0.4, 0.5) is 8.78 Å². The van der Waals surface area contributed by atoms with Gasteiger partial charge in [0.05, 0.1) is 12.0 Å². The van der Waals surface area contributed by atoms with E-state index in [0.29, 0.717) is 24.5 Å². The normalized spacial score (nSPS) is 29.0. The molecular weight excluding hydrogens is 589 g/mol. The second-order valence-corrected chi connectivity index (χ2v) is 9.27. The van der Waals surface area contributed by atoms with E-state index in [2.05, 4.69) is 6.07 Å². The van der Waals surface area contributed by atoms with Crippen LogP contribution in [-0.2, 0) is 33.3 Å². The van der Waals surface area contributed by atoms with Crippen molar-refractivity contribution in [3.63, 3.8) is 0 Å². The molecule has 4 aliphatic rings. The second-order valence-electron chi connectivity index (χ2n) is 9.27. The molecule has 1 amide bonds. The fraction of sp³-hybridized carbons (Fsp3) is 0.440. The molecule has 0 aromatic heterocycles. The van der Waals surface area contributed by atoms with Crippen molar-refractivity contribution >= 4 is 5.91 Å². The summed E-state index contributed by atoms with van der Waals surface area (Å²) in [6, 6.07) is 13.6. The zero-order chi connectivity index (χ0) is 22.4. The van der Waals surface area contributed by atoms with E-state index < -0.39 is 30.0 Å². The average molecular weight is 617 g/mol. The Bertz CT molecular complexity index is 982. The molecule has 4 nitrogen and oxygen atoms in total. The molecular formula is C25H28F2N2O2Os-2. The SMILES string of the molecule is Cc1cccc(-c2cccc(C[C@H]3[C@@H]([NH-])C(F)(F)CN3C(=O)C34CC(C3)C4)c2)c1.[CH3-].[O]=[Os]. The van der Waals surface area contributed by atoms with Gasteiger partial charge < -0.3 is 18.1 Å². The van der Waals surface area contributed by atoms with Crippen molar-refractivity contribution in [3.05, 3.63) is 72.8 Å². The van der Waals surface area contributed by atoms with Gasteiger partial charge in [-0.25, -0.2) is 8.78 Å². The summed E-state index contributed by atoms with van der Waals surface area (Å²) in [6.45, 7) is 1.42. The van der Waals surface area contributed by atoms with Crippen LogP contribution in [0.25, 0.3) is 16.9 Å². The Morgan fingerprint density at radius 3 is 2.25 bits per heavy atom. The Hall–Kier alpha value is -1.83. The molecule has 3 aliphatic carbocycles. The summed E-state index contributed by atoms with van der Waals surface area (Å²) < 4.78 is 37.1. The van der Waals surface area contributed by atoms with Crippen LogP contribution < -0.4 is 0 Å². The van der Waals surface area contributed by atoms with E-state index in [1.807, 2.05) is 49.4 Å². The zero-order valence-corrected chi connectivity index (χ0v) is 20.8. The maximum absolute atomic E-state index is 14.4. The van der Waals surface area contributed by atoms with Crippen molar-refractivity contribution in [2.45, 2.75) is 50.6 Å². The Morgan fingerprint density at radius 2 is 1.69 bits per heavy atom. The molecule has 32 heavy (non-hydrogen) atoms. The fourth-order valence-corrected chi connectivity index (χ4v) is 5.34. The third-order valence-corrected chi connectivity index (χ3v) is 7.10. The second kappa shape index (κ2) is 9.19. The number of hydrogen-bond donors (Lipinski definition) is 0. The first-order chi connectivity index (χ1) is 14.8. The number of nitrogens with one attached hydrogen (secondary N) is 1. The summed E-state index contributed by atoms with van der Waals surface area (Å²) in [7, 11) is 0. The van der Waals surface area contributed by atoms with Crippen LogP contribution in [-0.4, -0.2) is 35.4 Å². The van der Waals surface area contributed by atoms with Crippen LogP contribution in [0.15, 0.2) is 48.5 Å². The molecule has 2 aromatic carbocycles. The van der Waals surface area contributed by atoms with Gasteiger partial charge in [-0.05, 0) is 61.3 Å². The number of aryl methyl sites for hydroxylation is 1. The van der Waals surface area contributed by atoms with Gasteiger partial charge in [0, 0.05) is 6.04 Å². The van der Waals surface area contributed by atoms with Crippen molar-refractivity contribution in [3.8, 4) is 11.1 Å². The van der Waals surface area contributed by atoms with E-state index in [4.69, 9.17) is 9.27 Å². The van der Waals surface area contributed by atoms with Crippen molar-refractivity contribution in [2.24, 2.45) is 11.3 Å². The topological polar surface area (TPSA) is 61.2 Å². The summed E-state index contributed by atoms with van der Waals surface area (Å²) in [6.07, 6.45) is 2.80. The quantitative estimate of drug-likeness (QED) is 0.420. The van der Waals surface area contributed by atoms with Crippen LogP contribution in [0, 0.1) is 25.7 Å². The van der Waals surface area contributed by atoms with Gasteiger partial charge in [0.15, 0.2) is 0 Å². The number of rotatable bonds is 4. The molecule has 6 rings (SSSR count). The summed E-state index contributed by atoms with van der Waals surface area (Å²) in [5.74, 6) is -2.69. The van der Waals surface area contributed by atoms with E-state index in [0.717, 1.165) is 41.5 Å². The molecule has 1 heterocycles. The Labute approximate surface area is 198 Å². The number of benzene rings is 2. The number of carbonyl (C=O) groups excluding carboxylic acids is 1. The first-order valence-electron chi connectivity index (χ1n) is 10.5. The molecule has 2 atom stereocenters. The maximum atomic E-state index is 14.4. The van der Waals surface area contributed by atoms with Gasteiger partial charge in [-0.2, -0.15) is 0 Å². The number of halogens is 2. The number of hydrogen-bond acceptors (Lipinski definition) is 2. The number of nitrogens with zero attached hydrogens (tertiary/aromatic N) is 1.